The molecule has 0 aliphatic carbocycles. The van der Waals surface area contributed by atoms with E-state index >= 15 is 0 Å². The number of aromatic nitrogens is 2. The molecule has 0 aliphatic heterocycles. The van der Waals surface area contributed by atoms with E-state index in [4.69, 9.17) is 5.26 Å². The zero-order valence-electron chi connectivity index (χ0n) is 14.6. The molecule has 0 spiro atoms. The van der Waals surface area contributed by atoms with Gasteiger partial charge in [-0.1, -0.05) is 60.7 Å². The summed E-state index contributed by atoms with van der Waals surface area (Å²) in [7, 11) is 0. The molecular weight excluding hydrogens is 334 g/mol. The summed E-state index contributed by atoms with van der Waals surface area (Å²) < 4.78 is 1.54. The topological polar surface area (TPSA) is 61.6 Å². The molecule has 1 heterocycles. The lowest BCUT2D eigenvalue weighted by atomic mass is 10.0. The van der Waals surface area contributed by atoms with Crippen LogP contribution in [0.4, 0.5) is 0 Å². The molecule has 3 aromatic carbocycles. The van der Waals surface area contributed by atoms with Gasteiger partial charge in [-0.25, -0.2) is 4.68 Å². The average molecular weight is 351 g/mol. The van der Waals surface area contributed by atoms with E-state index in [-0.39, 0.29) is 5.56 Å². The molecule has 1 N–H and O–H groups in total. The highest BCUT2D eigenvalue weighted by molar-refractivity contribution is 5.64. The van der Waals surface area contributed by atoms with Crippen LogP contribution in [0.2, 0.25) is 0 Å². The van der Waals surface area contributed by atoms with Crippen LogP contribution in [0.1, 0.15) is 16.7 Å². The molecule has 4 aromatic rings. The lowest BCUT2D eigenvalue weighted by Crippen LogP contribution is -2.17. The molecule has 1 aromatic heterocycles. The minimum absolute atomic E-state index is 0.0811. The van der Waals surface area contributed by atoms with Gasteiger partial charge >= 0.3 is 0 Å². The van der Waals surface area contributed by atoms with E-state index in [1.807, 2.05) is 60.7 Å². The number of nitrogens with one attached hydrogen (secondary N) is 1. The van der Waals surface area contributed by atoms with Crippen LogP contribution in [-0.2, 0) is 6.42 Å². The Morgan fingerprint density at radius 2 is 1.48 bits per heavy atom. The zero-order valence-corrected chi connectivity index (χ0v) is 14.6. The molecule has 0 saturated carbocycles. The molecular formula is C23H17N3O. The molecule has 0 aliphatic rings. The van der Waals surface area contributed by atoms with Crippen molar-refractivity contribution in [3.8, 4) is 23.0 Å². The summed E-state index contributed by atoms with van der Waals surface area (Å²) >= 11 is 0. The van der Waals surface area contributed by atoms with E-state index in [0.29, 0.717) is 17.7 Å². The van der Waals surface area contributed by atoms with Gasteiger partial charge < -0.3 is 0 Å². The van der Waals surface area contributed by atoms with Gasteiger partial charge in [-0.3, -0.25) is 9.89 Å². The predicted molar refractivity (Wildman–Crippen MR) is 106 cm³/mol. The molecule has 0 saturated heterocycles. The second kappa shape index (κ2) is 7.19. The van der Waals surface area contributed by atoms with E-state index in [9.17, 15) is 4.79 Å². The molecule has 4 nitrogen and oxygen atoms in total. The first-order chi connectivity index (χ1) is 13.3. The first-order valence-electron chi connectivity index (χ1n) is 8.70. The SMILES string of the molecule is N#Cc1ccc(-n2[nH]c(-c3ccccc3)c(Cc3ccccc3)c2=O)cc1. The van der Waals surface area contributed by atoms with Crippen LogP contribution in [0.25, 0.3) is 16.9 Å². The summed E-state index contributed by atoms with van der Waals surface area (Å²) in [5.41, 5.74) is 4.76. The first kappa shape index (κ1) is 16.6. The average Bonchev–Trinajstić information content (AvgIpc) is 3.06. The summed E-state index contributed by atoms with van der Waals surface area (Å²) in [5.74, 6) is 0. The molecule has 0 bridgehead atoms. The van der Waals surface area contributed by atoms with Crippen LogP contribution in [0, 0.1) is 11.3 Å². The van der Waals surface area contributed by atoms with Gasteiger partial charge in [0.05, 0.1) is 23.0 Å². The van der Waals surface area contributed by atoms with Gasteiger partial charge in [0.2, 0.25) is 0 Å². The molecule has 4 heteroatoms. The van der Waals surface area contributed by atoms with E-state index in [2.05, 4.69) is 11.2 Å². The summed E-state index contributed by atoms with van der Waals surface area (Å²) in [4.78, 5) is 13.2. The van der Waals surface area contributed by atoms with Crippen LogP contribution in [-0.4, -0.2) is 9.78 Å². The summed E-state index contributed by atoms with van der Waals surface area (Å²) in [6.45, 7) is 0. The highest BCUT2D eigenvalue weighted by Crippen LogP contribution is 2.23. The quantitative estimate of drug-likeness (QED) is 0.596. The monoisotopic (exact) mass is 351 g/mol. The van der Waals surface area contributed by atoms with Crippen molar-refractivity contribution in [2.45, 2.75) is 6.42 Å². The Morgan fingerprint density at radius 1 is 0.852 bits per heavy atom. The van der Waals surface area contributed by atoms with Crippen molar-refractivity contribution in [2.75, 3.05) is 0 Å². The molecule has 0 fully saturated rings. The minimum atomic E-state index is -0.0811. The van der Waals surface area contributed by atoms with Crippen molar-refractivity contribution in [3.63, 3.8) is 0 Å². The maximum absolute atomic E-state index is 13.2. The number of benzene rings is 3. The second-order valence-electron chi connectivity index (χ2n) is 6.29. The number of nitriles is 1. The van der Waals surface area contributed by atoms with Crippen LogP contribution < -0.4 is 5.56 Å². The van der Waals surface area contributed by atoms with Gasteiger partial charge in [-0.05, 0) is 35.4 Å². The van der Waals surface area contributed by atoms with Crippen molar-refractivity contribution < 1.29 is 0 Å². The minimum Gasteiger partial charge on any atom is -0.290 e. The molecule has 4 rings (SSSR count). The fraction of sp³-hybridized carbons (Fsp3) is 0.0435. The highest BCUT2D eigenvalue weighted by Gasteiger charge is 2.17. The number of rotatable bonds is 4. The summed E-state index contributed by atoms with van der Waals surface area (Å²) in [6, 6.07) is 28.9. The summed E-state index contributed by atoms with van der Waals surface area (Å²) in [5, 5.41) is 12.2. The van der Waals surface area contributed by atoms with Gasteiger partial charge in [0.25, 0.3) is 5.56 Å². The second-order valence-corrected chi connectivity index (χ2v) is 6.29. The third-order valence-corrected chi connectivity index (χ3v) is 4.53. The molecule has 130 valence electrons. The van der Waals surface area contributed by atoms with Crippen molar-refractivity contribution in [1.82, 2.24) is 9.78 Å². The Labute approximate surface area is 156 Å². The molecule has 0 radical (unpaired) electrons. The molecule has 0 unspecified atom stereocenters. The van der Waals surface area contributed by atoms with Crippen molar-refractivity contribution in [1.29, 1.82) is 5.26 Å². The smallest absolute Gasteiger partial charge is 0.275 e. The Hall–Kier alpha value is -3.84. The molecule has 0 atom stereocenters. The van der Waals surface area contributed by atoms with E-state index in [1.54, 1.807) is 28.9 Å². The maximum atomic E-state index is 13.2. The van der Waals surface area contributed by atoms with Crippen LogP contribution in [0.5, 0.6) is 0 Å². The lowest BCUT2D eigenvalue weighted by molar-refractivity contribution is 0.849. The first-order valence-corrected chi connectivity index (χ1v) is 8.70. The van der Waals surface area contributed by atoms with Crippen molar-refractivity contribution >= 4 is 0 Å². The molecule has 0 amide bonds. The fourth-order valence-corrected chi connectivity index (χ4v) is 3.15. The number of hydrogen-bond donors (Lipinski definition) is 1. The number of hydrogen-bond acceptors (Lipinski definition) is 2. The standard InChI is InChI=1S/C23H17N3O/c24-16-18-11-13-20(14-12-18)26-23(27)21(15-17-7-3-1-4-8-17)22(25-26)19-9-5-2-6-10-19/h1-14,25H,15H2. The van der Waals surface area contributed by atoms with E-state index in [0.717, 1.165) is 22.4 Å². The fourth-order valence-electron chi connectivity index (χ4n) is 3.15. The Morgan fingerprint density at radius 3 is 2.11 bits per heavy atom. The normalized spacial score (nSPS) is 10.5. The Kier molecular flexibility index (Phi) is 4.42. The predicted octanol–water partition coefficient (Wildman–Crippen LogP) is 4.30. The third kappa shape index (κ3) is 3.31. The van der Waals surface area contributed by atoms with E-state index in [1.165, 1.54) is 0 Å². The molecule has 27 heavy (non-hydrogen) atoms. The Bertz CT molecular complexity index is 1150. The largest absolute Gasteiger partial charge is 0.290 e. The number of nitrogens with zero attached hydrogens (tertiary/aromatic N) is 2. The van der Waals surface area contributed by atoms with Gasteiger partial charge in [-0.15, -0.1) is 0 Å². The van der Waals surface area contributed by atoms with Gasteiger partial charge in [0.1, 0.15) is 0 Å². The lowest BCUT2D eigenvalue weighted by Gasteiger charge is -2.03. The number of H-pyrrole nitrogens is 1. The number of aromatic amines is 1. The van der Waals surface area contributed by atoms with E-state index < -0.39 is 0 Å². The van der Waals surface area contributed by atoms with Crippen LogP contribution in [0.15, 0.2) is 89.7 Å². The highest BCUT2D eigenvalue weighted by atomic mass is 16.1. The van der Waals surface area contributed by atoms with Crippen LogP contribution >= 0.6 is 0 Å². The van der Waals surface area contributed by atoms with Crippen molar-refractivity contribution in [2.24, 2.45) is 0 Å². The third-order valence-electron chi connectivity index (χ3n) is 4.53. The summed E-state index contributed by atoms with van der Waals surface area (Å²) in [6.07, 6.45) is 0.545. The van der Waals surface area contributed by atoms with Crippen LogP contribution in [0.3, 0.4) is 0 Å². The van der Waals surface area contributed by atoms with Gasteiger partial charge in [0.15, 0.2) is 0 Å². The van der Waals surface area contributed by atoms with Gasteiger partial charge in [-0.2, -0.15) is 5.26 Å². The van der Waals surface area contributed by atoms with Gasteiger partial charge in [0, 0.05) is 12.0 Å². The zero-order chi connectivity index (χ0) is 18.6. The van der Waals surface area contributed by atoms with Crippen molar-refractivity contribution in [3.05, 3.63) is 112 Å². The maximum Gasteiger partial charge on any atom is 0.275 e. The Balaban J connectivity index is 1.86.